The van der Waals surface area contributed by atoms with Crippen molar-refractivity contribution in [3.05, 3.63) is 59.1 Å². The predicted octanol–water partition coefficient (Wildman–Crippen LogP) is 3.08. The van der Waals surface area contributed by atoms with E-state index in [1.165, 1.54) is 0 Å². The number of hydrogen-bond donors (Lipinski definition) is 2. The minimum atomic E-state index is -0.0909. The number of phenolic OH excluding ortho intramolecular Hbond substituents is 1. The molecule has 2 aromatic rings. The van der Waals surface area contributed by atoms with Gasteiger partial charge in [-0.15, -0.1) is 0 Å². The van der Waals surface area contributed by atoms with Crippen molar-refractivity contribution in [2.45, 2.75) is 6.54 Å². The van der Waals surface area contributed by atoms with Gasteiger partial charge in [0, 0.05) is 37.7 Å². The van der Waals surface area contributed by atoms with E-state index in [0.29, 0.717) is 37.7 Å². The number of hydrogen-bond acceptors (Lipinski definition) is 3. The quantitative estimate of drug-likeness (QED) is 0.898. The summed E-state index contributed by atoms with van der Waals surface area (Å²) in [5.41, 5.74) is 1.72. The number of urea groups is 1. The number of nitrogens with zero attached hydrogens (tertiary/aromatic N) is 2. The Morgan fingerprint density at radius 1 is 1.04 bits per heavy atom. The normalized spacial score (nSPS) is 14.5. The molecule has 1 aliphatic rings. The second-order valence-electron chi connectivity index (χ2n) is 5.71. The molecule has 0 radical (unpaired) electrons. The third kappa shape index (κ3) is 3.74. The molecule has 2 amide bonds. The molecule has 0 spiro atoms. The maximum Gasteiger partial charge on any atom is 0.317 e. The van der Waals surface area contributed by atoms with Crippen molar-refractivity contribution in [1.29, 1.82) is 0 Å². The monoisotopic (exact) mass is 345 g/mol. The van der Waals surface area contributed by atoms with Gasteiger partial charge in [-0.05, 0) is 23.8 Å². The molecule has 0 aliphatic carbocycles. The van der Waals surface area contributed by atoms with Crippen molar-refractivity contribution in [3.63, 3.8) is 0 Å². The summed E-state index contributed by atoms with van der Waals surface area (Å²) < 4.78 is 0. The average Bonchev–Trinajstić information content (AvgIpc) is 2.61. The summed E-state index contributed by atoms with van der Waals surface area (Å²) in [6.45, 7) is 3.03. The molecule has 0 unspecified atom stereocenters. The molecule has 1 aliphatic heterocycles. The lowest BCUT2D eigenvalue weighted by Crippen LogP contribution is -2.51. The van der Waals surface area contributed by atoms with Crippen molar-refractivity contribution in [2.75, 3.05) is 31.1 Å². The van der Waals surface area contributed by atoms with Crippen molar-refractivity contribution < 1.29 is 9.90 Å². The van der Waals surface area contributed by atoms with Gasteiger partial charge in [0.25, 0.3) is 0 Å². The predicted molar refractivity (Wildman–Crippen MR) is 95.6 cm³/mol. The average molecular weight is 346 g/mol. The van der Waals surface area contributed by atoms with Gasteiger partial charge in [-0.1, -0.05) is 41.9 Å². The minimum Gasteiger partial charge on any atom is -0.506 e. The van der Waals surface area contributed by atoms with E-state index >= 15 is 0 Å². The number of piperazine rings is 1. The first-order valence-corrected chi connectivity index (χ1v) is 8.32. The fourth-order valence-corrected chi connectivity index (χ4v) is 3.01. The van der Waals surface area contributed by atoms with E-state index in [9.17, 15) is 9.90 Å². The van der Waals surface area contributed by atoms with Gasteiger partial charge in [0.1, 0.15) is 5.75 Å². The van der Waals surface area contributed by atoms with E-state index < -0.39 is 0 Å². The van der Waals surface area contributed by atoms with Crippen LogP contribution >= 0.6 is 11.6 Å². The summed E-state index contributed by atoms with van der Waals surface area (Å²) >= 11 is 6.10. The molecular formula is C18H20ClN3O2. The zero-order valence-corrected chi connectivity index (χ0v) is 14.0. The molecule has 24 heavy (non-hydrogen) atoms. The number of anilines is 1. The Kier molecular flexibility index (Phi) is 5.11. The van der Waals surface area contributed by atoms with Crippen LogP contribution in [0, 0.1) is 0 Å². The molecular weight excluding hydrogens is 326 g/mol. The first kappa shape index (κ1) is 16.5. The Hall–Kier alpha value is -2.40. The highest BCUT2D eigenvalue weighted by atomic mass is 35.5. The number of halogens is 1. The van der Waals surface area contributed by atoms with Crippen LogP contribution in [0.1, 0.15) is 5.56 Å². The van der Waals surface area contributed by atoms with Gasteiger partial charge in [-0.25, -0.2) is 4.79 Å². The summed E-state index contributed by atoms with van der Waals surface area (Å²) in [4.78, 5) is 16.2. The van der Waals surface area contributed by atoms with Crippen LogP contribution in [-0.4, -0.2) is 42.2 Å². The summed E-state index contributed by atoms with van der Waals surface area (Å²) in [7, 11) is 0. The van der Waals surface area contributed by atoms with E-state index in [2.05, 4.69) is 10.2 Å². The summed E-state index contributed by atoms with van der Waals surface area (Å²) in [5, 5.41) is 13.5. The number of benzene rings is 2. The highest BCUT2D eigenvalue weighted by Crippen LogP contribution is 2.27. The van der Waals surface area contributed by atoms with Crippen LogP contribution in [0.5, 0.6) is 5.75 Å². The molecule has 0 saturated carbocycles. The van der Waals surface area contributed by atoms with E-state index in [1.54, 1.807) is 17.0 Å². The zero-order chi connectivity index (χ0) is 16.9. The van der Waals surface area contributed by atoms with Crippen molar-refractivity contribution in [3.8, 4) is 5.75 Å². The molecule has 0 bridgehead atoms. The standard InChI is InChI=1S/C18H20ClN3O2/c19-15-6-2-1-5-14(15)13-20-18(24)22-11-9-21(10-12-22)16-7-3-4-8-17(16)23/h1-8,23H,9-13H2,(H,20,24). The number of rotatable bonds is 3. The van der Waals surface area contributed by atoms with Gasteiger partial charge in [-0.3, -0.25) is 0 Å². The second kappa shape index (κ2) is 7.45. The van der Waals surface area contributed by atoms with E-state index in [0.717, 1.165) is 11.3 Å². The lowest BCUT2D eigenvalue weighted by atomic mass is 10.2. The van der Waals surface area contributed by atoms with Gasteiger partial charge in [-0.2, -0.15) is 0 Å². The number of amides is 2. The zero-order valence-electron chi connectivity index (χ0n) is 13.3. The lowest BCUT2D eigenvalue weighted by molar-refractivity contribution is 0.194. The fourth-order valence-electron chi connectivity index (χ4n) is 2.81. The van der Waals surface area contributed by atoms with Crippen LogP contribution in [-0.2, 0) is 6.54 Å². The smallest absolute Gasteiger partial charge is 0.317 e. The van der Waals surface area contributed by atoms with Gasteiger partial charge < -0.3 is 20.2 Å². The number of nitrogens with one attached hydrogen (secondary N) is 1. The number of aromatic hydroxyl groups is 1. The second-order valence-corrected chi connectivity index (χ2v) is 6.12. The molecule has 1 heterocycles. The van der Waals surface area contributed by atoms with Crippen molar-refractivity contribution >= 4 is 23.3 Å². The van der Waals surface area contributed by atoms with Crippen LogP contribution in [0.25, 0.3) is 0 Å². The maximum absolute atomic E-state index is 12.3. The summed E-state index contributed by atoms with van der Waals surface area (Å²) in [6.07, 6.45) is 0. The molecule has 5 nitrogen and oxygen atoms in total. The summed E-state index contributed by atoms with van der Waals surface area (Å²) in [5.74, 6) is 0.272. The summed E-state index contributed by atoms with van der Waals surface area (Å²) in [6, 6.07) is 14.7. The van der Waals surface area contributed by atoms with E-state index in [4.69, 9.17) is 11.6 Å². The number of para-hydroxylation sites is 2. The molecule has 0 atom stereocenters. The molecule has 2 aromatic carbocycles. The van der Waals surface area contributed by atoms with Gasteiger partial charge in [0.05, 0.1) is 5.69 Å². The molecule has 6 heteroatoms. The first-order valence-electron chi connectivity index (χ1n) is 7.94. The maximum atomic E-state index is 12.3. The lowest BCUT2D eigenvalue weighted by Gasteiger charge is -2.36. The molecule has 126 valence electrons. The molecule has 1 fully saturated rings. The highest BCUT2D eigenvalue weighted by Gasteiger charge is 2.22. The number of carbonyl (C=O) groups excluding carboxylic acids is 1. The Balaban J connectivity index is 1.52. The van der Waals surface area contributed by atoms with Gasteiger partial charge >= 0.3 is 6.03 Å². The van der Waals surface area contributed by atoms with Gasteiger partial charge in [0.2, 0.25) is 0 Å². The van der Waals surface area contributed by atoms with E-state index in [-0.39, 0.29) is 11.8 Å². The van der Waals surface area contributed by atoms with Crippen LogP contribution in [0.4, 0.5) is 10.5 Å². The molecule has 3 rings (SSSR count). The number of carbonyl (C=O) groups is 1. The molecule has 0 aromatic heterocycles. The molecule has 1 saturated heterocycles. The van der Waals surface area contributed by atoms with Crippen LogP contribution in [0.15, 0.2) is 48.5 Å². The number of phenols is 1. The Morgan fingerprint density at radius 3 is 2.42 bits per heavy atom. The third-order valence-corrected chi connectivity index (χ3v) is 4.55. The van der Waals surface area contributed by atoms with E-state index in [1.807, 2.05) is 36.4 Å². The molecule has 2 N–H and O–H groups in total. The third-order valence-electron chi connectivity index (χ3n) is 4.18. The largest absolute Gasteiger partial charge is 0.506 e. The van der Waals surface area contributed by atoms with Crippen LogP contribution in [0.3, 0.4) is 0 Å². The van der Waals surface area contributed by atoms with Crippen LogP contribution in [0.2, 0.25) is 5.02 Å². The Labute approximate surface area is 146 Å². The Bertz CT molecular complexity index is 715. The van der Waals surface area contributed by atoms with Gasteiger partial charge in [0.15, 0.2) is 0 Å². The highest BCUT2D eigenvalue weighted by molar-refractivity contribution is 6.31. The SMILES string of the molecule is O=C(NCc1ccccc1Cl)N1CCN(c2ccccc2O)CC1. The Morgan fingerprint density at radius 2 is 1.71 bits per heavy atom. The fraction of sp³-hybridized carbons (Fsp3) is 0.278. The first-order chi connectivity index (χ1) is 11.6. The van der Waals surface area contributed by atoms with Crippen molar-refractivity contribution in [2.24, 2.45) is 0 Å². The van der Waals surface area contributed by atoms with Crippen LogP contribution < -0.4 is 10.2 Å². The van der Waals surface area contributed by atoms with Crippen molar-refractivity contribution in [1.82, 2.24) is 10.2 Å². The topological polar surface area (TPSA) is 55.8 Å². The minimum absolute atomic E-state index is 0.0909.